The van der Waals surface area contributed by atoms with E-state index in [9.17, 15) is 4.79 Å². The van der Waals surface area contributed by atoms with E-state index in [2.05, 4.69) is 25.3 Å². The van der Waals surface area contributed by atoms with E-state index < -0.39 is 5.69 Å². The van der Waals surface area contributed by atoms with E-state index in [4.69, 9.17) is 4.74 Å². The summed E-state index contributed by atoms with van der Waals surface area (Å²) < 4.78 is 5.28. The molecule has 0 saturated heterocycles. The molecule has 102 valence electrons. The van der Waals surface area contributed by atoms with Crippen molar-refractivity contribution in [1.82, 2.24) is 19.9 Å². The molecule has 2 heterocycles. The Morgan fingerprint density at radius 1 is 1.35 bits per heavy atom. The van der Waals surface area contributed by atoms with Crippen LogP contribution in [0.5, 0.6) is 5.75 Å². The standard InChI is InChI=1S/C13H13N5O2/c1-20-9-5-3-2-4-8(9)6-14-11-10-12(16-7-15-10)18-13(19)17-11/h2-5,7H,6H2,1H3,(H3,14,15,16,17,18,19). The summed E-state index contributed by atoms with van der Waals surface area (Å²) in [5.74, 6) is 1.25. The molecular formula is C13H13N5O2. The zero-order valence-corrected chi connectivity index (χ0v) is 10.8. The molecule has 0 aliphatic carbocycles. The lowest BCUT2D eigenvalue weighted by Crippen LogP contribution is -2.14. The van der Waals surface area contributed by atoms with E-state index in [0.29, 0.717) is 23.5 Å². The highest BCUT2D eigenvalue weighted by molar-refractivity contribution is 5.81. The predicted molar refractivity (Wildman–Crippen MR) is 74.8 cm³/mol. The Hall–Kier alpha value is -2.83. The highest BCUT2D eigenvalue weighted by Crippen LogP contribution is 2.19. The highest BCUT2D eigenvalue weighted by Gasteiger charge is 2.08. The van der Waals surface area contributed by atoms with Crippen molar-refractivity contribution in [1.29, 1.82) is 0 Å². The number of nitrogens with zero attached hydrogens (tertiary/aromatic N) is 2. The maximum Gasteiger partial charge on any atom is 0.348 e. The summed E-state index contributed by atoms with van der Waals surface area (Å²) in [7, 11) is 1.62. The fourth-order valence-electron chi connectivity index (χ4n) is 2.01. The van der Waals surface area contributed by atoms with Crippen molar-refractivity contribution >= 4 is 17.0 Å². The van der Waals surface area contributed by atoms with Crippen molar-refractivity contribution in [3.8, 4) is 5.75 Å². The number of ether oxygens (including phenoxy) is 1. The summed E-state index contributed by atoms with van der Waals surface area (Å²) in [6.07, 6.45) is 1.51. The molecule has 7 nitrogen and oxygen atoms in total. The van der Waals surface area contributed by atoms with Gasteiger partial charge in [0.05, 0.1) is 13.4 Å². The Labute approximate surface area is 114 Å². The largest absolute Gasteiger partial charge is 0.496 e. The quantitative estimate of drug-likeness (QED) is 0.664. The second kappa shape index (κ2) is 5.04. The van der Waals surface area contributed by atoms with E-state index in [-0.39, 0.29) is 0 Å². The Kier molecular flexibility index (Phi) is 3.08. The van der Waals surface area contributed by atoms with Gasteiger partial charge in [-0.3, -0.25) is 4.98 Å². The smallest absolute Gasteiger partial charge is 0.348 e. The minimum atomic E-state index is -0.438. The first-order valence-corrected chi connectivity index (χ1v) is 6.07. The topological polar surface area (TPSA) is 95.7 Å². The molecule has 1 aromatic carbocycles. The van der Waals surface area contributed by atoms with Crippen LogP contribution in [0.2, 0.25) is 0 Å². The second-order valence-corrected chi connectivity index (χ2v) is 4.18. The van der Waals surface area contributed by atoms with Gasteiger partial charge in [0, 0.05) is 12.1 Å². The first-order chi connectivity index (χ1) is 9.78. The monoisotopic (exact) mass is 271 g/mol. The number of H-pyrrole nitrogens is 2. The number of methoxy groups -OCH3 is 1. The number of imidazole rings is 1. The Morgan fingerprint density at radius 2 is 2.20 bits per heavy atom. The van der Waals surface area contributed by atoms with E-state index >= 15 is 0 Å². The zero-order chi connectivity index (χ0) is 13.9. The summed E-state index contributed by atoms with van der Waals surface area (Å²) in [4.78, 5) is 24.9. The van der Waals surface area contributed by atoms with Gasteiger partial charge >= 0.3 is 5.69 Å². The van der Waals surface area contributed by atoms with Gasteiger partial charge in [-0.1, -0.05) is 18.2 Å². The molecule has 0 aliphatic heterocycles. The average molecular weight is 271 g/mol. The molecule has 0 bridgehead atoms. The lowest BCUT2D eigenvalue weighted by Gasteiger charge is -2.09. The number of hydrogen-bond acceptors (Lipinski definition) is 5. The van der Waals surface area contributed by atoms with Crippen LogP contribution < -0.4 is 15.7 Å². The third-order valence-corrected chi connectivity index (χ3v) is 2.95. The van der Waals surface area contributed by atoms with Gasteiger partial charge in [-0.15, -0.1) is 0 Å². The molecule has 0 radical (unpaired) electrons. The number of rotatable bonds is 4. The summed E-state index contributed by atoms with van der Waals surface area (Å²) >= 11 is 0. The second-order valence-electron chi connectivity index (χ2n) is 4.18. The van der Waals surface area contributed by atoms with Gasteiger partial charge < -0.3 is 15.0 Å². The van der Waals surface area contributed by atoms with Crippen molar-refractivity contribution in [2.24, 2.45) is 0 Å². The molecule has 0 aliphatic rings. The highest BCUT2D eigenvalue weighted by atomic mass is 16.5. The normalized spacial score (nSPS) is 10.7. The van der Waals surface area contributed by atoms with Gasteiger partial charge in [-0.25, -0.2) is 9.78 Å². The summed E-state index contributed by atoms with van der Waals surface area (Å²) in [5.41, 5.74) is 1.68. The predicted octanol–water partition coefficient (Wildman–Crippen LogP) is 1.27. The first kappa shape index (κ1) is 12.2. The summed E-state index contributed by atoms with van der Waals surface area (Å²) in [6.45, 7) is 0.495. The fourth-order valence-corrected chi connectivity index (χ4v) is 2.01. The molecule has 2 aromatic heterocycles. The van der Waals surface area contributed by atoms with Gasteiger partial charge in [-0.2, -0.15) is 4.98 Å². The molecule has 3 aromatic rings. The first-order valence-electron chi connectivity index (χ1n) is 6.07. The third kappa shape index (κ3) is 2.20. The van der Waals surface area contributed by atoms with Crippen LogP contribution in [0.3, 0.4) is 0 Å². The van der Waals surface area contributed by atoms with Crippen LogP contribution in [0.25, 0.3) is 11.2 Å². The molecule has 0 spiro atoms. The number of hydrogen-bond donors (Lipinski definition) is 3. The average Bonchev–Trinajstić information content (AvgIpc) is 2.93. The number of aromatic nitrogens is 4. The lowest BCUT2D eigenvalue weighted by molar-refractivity contribution is 0.410. The molecule has 0 saturated carbocycles. The molecular weight excluding hydrogens is 258 g/mol. The van der Waals surface area contributed by atoms with Crippen LogP contribution in [-0.4, -0.2) is 27.0 Å². The van der Waals surface area contributed by atoms with Crippen LogP contribution in [-0.2, 0) is 6.54 Å². The van der Waals surface area contributed by atoms with E-state index in [0.717, 1.165) is 11.3 Å². The van der Waals surface area contributed by atoms with Crippen molar-refractivity contribution in [2.75, 3.05) is 12.4 Å². The van der Waals surface area contributed by atoms with Crippen molar-refractivity contribution in [3.05, 3.63) is 46.6 Å². The van der Waals surface area contributed by atoms with Crippen molar-refractivity contribution in [3.63, 3.8) is 0 Å². The van der Waals surface area contributed by atoms with Crippen LogP contribution in [0, 0.1) is 0 Å². The molecule has 0 atom stereocenters. The molecule has 3 N–H and O–H groups in total. The number of nitrogens with one attached hydrogen (secondary N) is 3. The SMILES string of the molecule is COc1ccccc1CNc1nc(=O)[nH]c2nc[nH]c12. The third-order valence-electron chi connectivity index (χ3n) is 2.95. The molecule has 0 fully saturated rings. The molecule has 7 heteroatoms. The van der Waals surface area contributed by atoms with Crippen LogP contribution in [0.1, 0.15) is 5.56 Å². The molecule has 20 heavy (non-hydrogen) atoms. The number of fused-ring (bicyclic) bond motifs is 1. The minimum Gasteiger partial charge on any atom is -0.496 e. The van der Waals surface area contributed by atoms with E-state index in [1.807, 2.05) is 24.3 Å². The van der Waals surface area contributed by atoms with Crippen LogP contribution in [0.15, 0.2) is 35.4 Å². The Morgan fingerprint density at radius 3 is 3.05 bits per heavy atom. The van der Waals surface area contributed by atoms with Crippen LogP contribution >= 0.6 is 0 Å². The number of benzene rings is 1. The Balaban J connectivity index is 1.90. The summed E-state index contributed by atoms with van der Waals surface area (Å²) in [5, 5.41) is 3.12. The molecule has 3 rings (SSSR count). The maximum atomic E-state index is 11.5. The van der Waals surface area contributed by atoms with E-state index in [1.54, 1.807) is 7.11 Å². The van der Waals surface area contributed by atoms with Gasteiger partial charge in [0.25, 0.3) is 0 Å². The Bertz CT molecular complexity index is 793. The molecule has 0 unspecified atom stereocenters. The van der Waals surface area contributed by atoms with Gasteiger partial charge in [0.15, 0.2) is 11.5 Å². The zero-order valence-electron chi connectivity index (χ0n) is 10.8. The van der Waals surface area contributed by atoms with Gasteiger partial charge in [-0.05, 0) is 6.07 Å². The number of para-hydroxylation sites is 1. The van der Waals surface area contributed by atoms with E-state index in [1.165, 1.54) is 6.33 Å². The number of aromatic amines is 2. The van der Waals surface area contributed by atoms with Gasteiger partial charge in [0.1, 0.15) is 11.3 Å². The van der Waals surface area contributed by atoms with Crippen molar-refractivity contribution in [2.45, 2.75) is 6.54 Å². The minimum absolute atomic E-state index is 0.438. The number of anilines is 1. The van der Waals surface area contributed by atoms with Crippen molar-refractivity contribution < 1.29 is 4.74 Å². The molecule has 0 amide bonds. The maximum absolute atomic E-state index is 11.5. The summed E-state index contributed by atoms with van der Waals surface area (Å²) in [6, 6.07) is 7.66. The fraction of sp³-hybridized carbons (Fsp3) is 0.154. The lowest BCUT2D eigenvalue weighted by atomic mass is 10.2. The van der Waals surface area contributed by atoms with Gasteiger partial charge in [0.2, 0.25) is 0 Å². The van der Waals surface area contributed by atoms with Crippen LogP contribution in [0.4, 0.5) is 5.82 Å².